The predicted octanol–water partition coefficient (Wildman–Crippen LogP) is 6.36. The van der Waals surface area contributed by atoms with Crippen molar-refractivity contribution in [2.75, 3.05) is 31.7 Å². The molecule has 238 valence electrons. The Morgan fingerprint density at radius 2 is 1.87 bits per heavy atom. The number of alkyl carbamates (subject to hydrolysis) is 1. The van der Waals surface area contributed by atoms with E-state index in [1.54, 1.807) is 25.3 Å². The molecule has 1 fully saturated rings. The van der Waals surface area contributed by atoms with Gasteiger partial charge in [-0.3, -0.25) is 14.2 Å². The molecule has 5 rings (SSSR count). The predicted molar refractivity (Wildman–Crippen MR) is 170 cm³/mol. The second-order valence-corrected chi connectivity index (χ2v) is 13.1. The van der Waals surface area contributed by atoms with Crippen molar-refractivity contribution >= 4 is 45.3 Å². The van der Waals surface area contributed by atoms with Crippen LogP contribution in [0.1, 0.15) is 48.8 Å². The topological polar surface area (TPSA) is 121 Å². The zero-order valence-electron chi connectivity index (χ0n) is 25.8. The molecule has 0 saturated heterocycles. The van der Waals surface area contributed by atoms with E-state index in [0.29, 0.717) is 10.7 Å². The number of anilines is 1. The molecule has 45 heavy (non-hydrogen) atoms. The van der Waals surface area contributed by atoms with Gasteiger partial charge in [0.15, 0.2) is 16.7 Å². The summed E-state index contributed by atoms with van der Waals surface area (Å²) < 4.78 is 32.2. The van der Waals surface area contributed by atoms with Gasteiger partial charge in [-0.1, -0.05) is 12.1 Å². The summed E-state index contributed by atoms with van der Waals surface area (Å²) in [5, 5.41) is 6.86. The minimum Gasteiger partial charge on any atom is -0.488 e. The number of fused-ring (bicyclic) bond motifs is 1. The smallest absolute Gasteiger partial charge is 0.407 e. The Bertz CT molecular complexity index is 1700. The molecule has 0 atom stereocenters. The summed E-state index contributed by atoms with van der Waals surface area (Å²) in [5.74, 6) is -0.544. The SMILES string of the molecule is Cc1sc(NC(=O)Cc2ccc(F)c(OCCOCCNC(=O)OC(C)(C)C)c2)nc1-c1ccc2c(ccn2C(=O)C2CC2)c1. The number of thiazole rings is 1. The summed E-state index contributed by atoms with van der Waals surface area (Å²) >= 11 is 1.37. The van der Waals surface area contributed by atoms with Crippen molar-refractivity contribution in [2.24, 2.45) is 5.92 Å². The van der Waals surface area contributed by atoms with Crippen LogP contribution in [0.3, 0.4) is 0 Å². The van der Waals surface area contributed by atoms with Crippen molar-refractivity contribution in [3.05, 3.63) is 64.9 Å². The van der Waals surface area contributed by atoms with E-state index in [-0.39, 0.29) is 56.3 Å². The van der Waals surface area contributed by atoms with Crippen molar-refractivity contribution in [3.63, 3.8) is 0 Å². The Labute approximate surface area is 264 Å². The molecule has 1 aliphatic carbocycles. The van der Waals surface area contributed by atoms with Gasteiger partial charge < -0.3 is 24.8 Å². The second-order valence-electron chi connectivity index (χ2n) is 11.9. The van der Waals surface area contributed by atoms with Crippen LogP contribution in [0.2, 0.25) is 0 Å². The maximum absolute atomic E-state index is 14.3. The van der Waals surface area contributed by atoms with Crippen molar-refractivity contribution in [1.82, 2.24) is 14.9 Å². The van der Waals surface area contributed by atoms with Crippen LogP contribution < -0.4 is 15.4 Å². The molecule has 0 radical (unpaired) electrons. The molecule has 0 unspecified atom stereocenters. The minimum atomic E-state index is -0.578. The number of aromatic nitrogens is 2. The van der Waals surface area contributed by atoms with E-state index in [1.165, 1.54) is 29.5 Å². The number of carbonyl (C=O) groups excluding carboxylic acids is 3. The zero-order valence-corrected chi connectivity index (χ0v) is 26.6. The van der Waals surface area contributed by atoms with Crippen LogP contribution in [0, 0.1) is 18.7 Å². The van der Waals surface area contributed by atoms with Crippen LogP contribution in [0.25, 0.3) is 22.2 Å². The van der Waals surface area contributed by atoms with Gasteiger partial charge >= 0.3 is 6.09 Å². The first-order chi connectivity index (χ1) is 21.5. The molecular weight excluding hydrogens is 599 g/mol. The first-order valence-corrected chi connectivity index (χ1v) is 15.7. The largest absolute Gasteiger partial charge is 0.488 e. The van der Waals surface area contributed by atoms with E-state index in [2.05, 4.69) is 15.6 Å². The number of ether oxygens (including phenoxy) is 3. The number of hydrogen-bond donors (Lipinski definition) is 2. The molecule has 0 bridgehead atoms. The highest BCUT2D eigenvalue weighted by Crippen LogP contribution is 2.35. The standard InChI is InChI=1S/C33H37FN4O6S/c1-20-29(24-8-10-26-23(19-24)11-13-38(26)30(40)22-6-7-22)37-31(45-20)36-28(39)18-21-5-9-25(34)27(17-21)43-16-15-42-14-12-35-32(41)44-33(2,3)4/h5,8-11,13,17,19,22H,6-7,12,14-16,18H2,1-4H3,(H,35,41)(H,36,37,39). The lowest BCUT2D eigenvalue weighted by atomic mass is 10.1. The van der Waals surface area contributed by atoms with E-state index in [4.69, 9.17) is 14.2 Å². The molecule has 0 spiro atoms. The molecule has 2 heterocycles. The minimum absolute atomic E-state index is 0.00589. The molecule has 1 saturated carbocycles. The maximum atomic E-state index is 14.3. The Hall–Kier alpha value is -4.29. The van der Waals surface area contributed by atoms with E-state index in [0.717, 1.165) is 39.9 Å². The Balaban J connectivity index is 1.10. The highest BCUT2D eigenvalue weighted by Gasteiger charge is 2.31. The van der Waals surface area contributed by atoms with Gasteiger partial charge in [0.2, 0.25) is 11.8 Å². The molecule has 10 nitrogen and oxygen atoms in total. The van der Waals surface area contributed by atoms with E-state index >= 15 is 0 Å². The summed E-state index contributed by atoms with van der Waals surface area (Å²) in [5.41, 5.74) is 2.54. The molecule has 1 aliphatic rings. The molecule has 2 N–H and O–H groups in total. The third-order valence-corrected chi connectivity index (χ3v) is 7.82. The number of aryl methyl sites for hydroxylation is 1. The zero-order chi connectivity index (χ0) is 32.1. The average Bonchev–Trinajstić information content (AvgIpc) is 3.64. The molecule has 2 aromatic heterocycles. The number of nitrogens with one attached hydrogen (secondary N) is 2. The van der Waals surface area contributed by atoms with Gasteiger partial charge in [-0.05, 0) is 76.4 Å². The molecule has 0 aliphatic heterocycles. The average molecular weight is 637 g/mol. The number of nitrogens with zero attached hydrogens (tertiary/aromatic N) is 2. The Morgan fingerprint density at radius 3 is 2.62 bits per heavy atom. The Kier molecular flexibility index (Phi) is 9.83. The number of carbonyl (C=O) groups is 3. The van der Waals surface area contributed by atoms with Gasteiger partial charge in [-0.15, -0.1) is 11.3 Å². The number of rotatable bonds is 12. The van der Waals surface area contributed by atoms with Crippen LogP contribution in [0.15, 0.2) is 48.7 Å². The third-order valence-electron chi connectivity index (χ3n) is 6.93. The summed E-state index contributed by atoms with van der Waals surface area (Å²) in [6.45, 7) is 8.06. The lowest BCUT2D eigenvalue weighted by Gasteiger charge is -2.19. The number of amides is 2. The third kappa shape index (κ3) is 8.67. The fourth-order valence-electron chi connectivity index (χ4n) is 4.70. The molecular formula is C33H37FN4O6S. The fraction of sp³-hybridized carbons (Fsp3) is 0.394. The van der Waals surface area contributed by atoms with Gasteiger partial charge in [0.05, 0.1) is 30.8 Å². The summed E-state index contributed by atoms with van der Waals surface area (Å²) in [6, 6.07) is 12.1. The van der Waals surface area contributed by atoms with Gasteiger partial charge in [0, 0.05) is 34.5 Å². The van der Waals surface area contributed by atoms with Gasteiger partial charge in [-0.25, -0.2) is 14.2 Å². The highest BCUT2D eigenvalue weighted by molar-refractivity contribution is 7.16. The number of benzene rings is 2. The fourth-order valence-corrected chi connectivity index (χ4v) is 5.55. The second kappa shape index (κ2) is 13.8. The van der Waals surface area contributed by atoms with Crippen molar-refractivity contribution in [1.29, 1.82) is 0 Å². The van der Waals surface area contributed by atoms with Crippen LogP contribution in [-0.2, 0) is 20.7 Å². The maximum Gasteiger partial charge on any atom is 0.407 e. The van der Waals surface area contributed by atoms with E-state index in [1.807, 2.05) is 37.4 Å². The van der Waals surface area contributed by atoms with Crippen LogP contribution >= 0.6 is 11.3 Å². The lowest BCUT2D eigenvalue weighted by Crippen LogP contribution is -2.34. The van der Waals surface area contributed by atoms with Crippen LogP contribution in [0.5, 0.6) is 5.75 Å². The van der Waals surface area contributed by atoms with Crippen molar-refractivity contribution < 1.29 is 33.0 Å². The monoisotopic (exact) mass is 636 g/mol. The number of halogens is 1. The summed E-state index contributed by atoms with van der Waals surface area (Å²) in [7, 11) is 0. The first-order valence-electron chi connectivity index (χ1n) is 14.9. The Morgan fingerprint density at radius 1 is 1.07 bits per heavy atom. The molecule has 2 aromatic carbocycles. The quantitative estimate of drug-likeness (QED) is 0.174. The highest BCUT2D eigenvalue weighted by atomic mass is 32.1. The van der Waals surface area contributed by atoms with Gasteiger partial charge in [-0.2, -0.15) is 0 Å². The number of hydrogen-bond acceptors (Lipinski definition) is 8. The van der Waals surface area contributed by atoms with Crippen LogP contribution in [0.4, 0.5) is 14.3 Å². The van der Waals surface area contributed by atoms with E-state index in [9.17, 15) is 18.8 Å². The normalized spacial score (nSPS) is 13.1. The van der Waals surface area contributed by atoms with Crippen LogP contribution in [-0.4, -0.2) is 59.4 Å². The first kappa shape index (κ1) is 32.1. The summed E-state index contributed by atoms with van der Waals surface area (Å²) in [4.78, 5) is 42.7. The lowest BCUT2D eigenvalue weighted by molar-refractivity contribution is -0.115. The van der Waals surface area contributed by atoms with Gasteiger partial charge in [0.25, 0.3) is 0 Å². The molecule has 4 aromatic rings. The summed E-state index contributed by atoms with van der Waals surface area (Å²) in [6.07, 6.45) is 3.21. The molecule has 12 heteroatoms. The molecule has 2 amide bonds. The van der Waals surface area contributed by atoms with Crippen molar-refractivity contribution in [3.8, 4) is 17.0 Å². The van der Waals surface area contributed by atoms with E-state index < -0.39 is 17.5 Å². The van der Waals surface area contributed by atoms with Gasteiger partial charge in [0.1, 0.15) is 12.2 Å². The van der Waals surface area contributed by atoms with Crippen molar-refractivity contribution in [2.45, 2.75) is 52.6 Å².